The predicted molar refractivity (Wildman–Crippen MR) is 90.9 cm³/mol. The van der Waals surface area contributed by atoms with Crippen molar-refractivity contribution in [3.8, 4) is 0 Å². The third-order valence-corrected chi connectivity index (χ3v) is 4.57. The molecule has 114 valence electrons. The average molecular weight is 296 g/mol. The zero-order chi connectivity index (χ0) is 13.5. The van der Waals surface area contributed by atoms with Crippen molar-refractivity contribution >= 4 is 12.4 Å². The van der Waals surface area contributed by atoms with Crippen LogP contribution in [0.25, 0.3) is 0 Å². The molecule has 0 radical (unpaired) electrons. The molecule has 0 amide bonds. The first-order valence-corrected chi connectivity index (χ1v) is 8.00. The van der Waals surface area contributed by atoms with Crippen molar-refractivity contribution in [1.82, 2.24) is 4.90 Å². The van der Waals surface area contributed by atoms with E-state index < -0.39 is 0 Å². The standard InChI is InChI=1S/C10H12.C8H17N.ClH/c1-2-6-10-8-4-3-7-9(10)5-1;1-9(2)8-6-4-3-5-7-8;/h1-2,5-6H,3-4,7-8H2;8H,3-7H2,1-2H3;1H. The van der Waals surface area contributed by atoms with Crippen molar-refractivity contribution in [3.05, 3.63) is 35.4 Å². The molecule has 1 fully saturated rings. The second-order valence-corrected chi connectivity index (χ2v) is 6.23. The van der Waals surface area contributed by atoms with Crippen molar-refractivity contribution in [1.29, 1.82) is 0 Å². The molecule has 0 aliphatic heterocycles. The Morgan fingerprint density at radius 3 is 1.70 bits per heavy atom. The van der Waals surface area contributed by atoms with Gasteiger partial charge < -0.3 is 4.90 Å². The smallest absolute Gasteiger partial charge is 0.00891 e. The zero-order valence-electron chi connectivity index (χ0n) is 13.1. The van der Waals surface area contributed by atoms with Crippen LogP contribution in [0.4, 0.5) is 0 Å². The Morgan fingerprint density at radius 1 is 0.800 bits per heavy atom. The van der Waals surface area contributed by atoms with Crippen LogP contribution in [0.3, 0.4) is 0 Å². The van der Waals surface area contributed by atoms with Gasteiger partial charge in [0.25, 0.3) is 0 Å². The molecule has 0 aromatic heterocycles. The molecular formula is C18H30ClN. The van der Waals surface area contributed by atoms with Crippen LogP contribution in [0, 0.1) is 0 Å². The minimum atomic E-state index is 0. The van der Waals surface area contributed by atoms with Crippen molar-refractivity contribution in [2.24, 2.45) is 0 Å². The summed E-state index contributed by atoms with van der Waals surface area (Å²) in [6.45, 7) is 0. The predicted octanol–water partition coefficient (Wildman–Crippen LogP) is 4.87. The number of benzene rings is 1. The summed E-state index contributed by atoms with van der Waals surface area (Å²) in [6, 6.07) is 9.69. The molecule has 2 aliphatic carbocycles. The fraction of sp³-hybridized carbons (Fsp3) is 0.667. The van der Waals surface area contributed by atoms with E-state index in [0.717, 1.165) is 6.04 Å². The summed E-state index contributed by atoms with van der Waals surface area (Å²) in [4.78, 5) is 2.36. The van der Waals surface area contributed by atoms with Gasteiger partial charge in [-0.15, -0.1) is 12.4 Å². The van der Waals surface area contributed by atoms with Gasteiger partial charge in [-0.05, 0) is 63.7 Å². The molecule has 0 N–H and O–H groups in total. The maximum Gasteiger partial charge on any atom is 0.00891 e. The van der Waals surface area contributed by atoms with Crippen LogP contribution in [0.5, 0.6) is 0 Å². The van der Waals surface area contributed by atoms with Gasteiger partial charge in [0.15, 0.2) is 0 Å². The van der Waals surface area contributed by atoms with Crippen molar-refractivity contribution in [3.63, 3.8) is 0 Å². The Hall–Kier alpha value is -0.530. The molecular weight excluding hydrogens is 266 g/mol. The van der Waals surface area contributed by atoms with Gasteiger partial charge in [0.2, 0.25) is 0 Å². The Bertz CT molecular complexity index is 344. The van der Waals surface area contributed by atoms with Crippen LogP contribution in [0.15, 0.2) is 24.3 Å². The number of hydrogen-bond donors (Lipinski definition) is 0. The quantitative estimate of drug-likeness (QED) is 0.714. The van der Waals surface area contributed by atoms with Gasteiger partial charge in [-0.3, -0.25) is 0 Å². The van der Waals surface area contributed by atoms with Gasteiger partial charge in [0.1, 0.15) is 0 Å². The monoisotopic (exact) mass is 295 g/mol. The number of hydrogen-bond acceptors (Lipinski definition) is 1. The lowest BCUT2D eigenvalue weighted by atomic mass is 9.92. The molecule has 0 unspecified atom stereocenters. The van der Waals surface area contributed by atoms with Crippen molar-refractivity contribution < 1.29 is 0 Å². The SMILES string of the molecule is CN(C)C1CCCCC1.Cl.c1ccc2c(c1)CCCC2. The number of fused-ring (bicyclic) bond motifs is 1. The van der Waals surface area contributed by atoms with E-state index in [1.54, 1.807) is 11.1 Å². The number of rotatable bonds is 1. The highest BCUT2D eigenvalue weighted by Crippen LogP contribution is 2.20. The largest absolute Gasteiger partial charge is 0.306 e. The topological polar surface area (TPSA) is 3.24 Å². The lowest BCUT2D eigenvalue weighted by molar-refractivity contribution is 0.229. The Kier molecular flexibility index (Phi) is 8.25. The summed E-state index contributed by atoms with van der Waals surface area (Å²) in [7, 11) is 4.38. The van der Waals surface area contributed by atoms with E-state index >= 15 is 0 Å². The summed E-state index contributed by atoms with van der Waals surface area (Å²) < 4.78 is 0. The molecule has 2 heteroatoms. The maximum atomic E-state index is 2.36. The summed E-state index contributed by atoms with van der Waals surface area (Å²) in [5, 5.41) is 0. The minimum Gasteiger partial charge on any atom is -0.306 e. The first kappa shape index (κ1) is 17.5. The normalized spacial score (nSPS) is 18.6. The van der Waals surface area contributed by atoms with E-state index in [9.17, 15) is 0 Å². The highest BCUT2D eigenvalue weighted by Gasteiger charge is 2.13. The molecule has 0 spiro atoms. The molecule has 20 heavy (non-hydrogen) atoms. The molecule has 0 heterocycles. The van der Waals surface area contributed by atoms with Gasteiger partial charge in [-0.1, -0.05) is 43.5 Å². The van der Waals surface area contributed by atoms with E-state index in [1.165, 1.54) is 57.8 Å². The zero-order valence-corrected chi connectivity index (χ0v) is 13.9. The van der Waals surface area contributed by atoms with Gasteiger partial charge in [0.05, 0.1) is 0 Å². The summed E-state index contributed by atoms with van der Waals surface area (Å²) in [6.07, 6.45) is 12.6. The molecule has 3 rings (SSSR count). The molecule has 0 bridgehead atoms. The third-order valence-electron chi connectivity index (χ3n) is 4.57. The van der Waals surface area contributed by atoms with Crippen molar-refractivity contribution in [2.45, 2.75) is 63.8 Å². The number of nitrogens with zero attached hydrogens (tertiary/aromatic N) is 1. The number of halogens is 1. The lowest BCUT2D eigenvalue weighted by Gasteiger charge is -2.27. The average Bonchev–Trinajstić information content (AvgIpc) is 2.49. The fourth-order valence-electron chi connectivity index (χ4n) is 3.27. The Morgan fingerprint density at radius 2 is 1.30 bits per heavy atom. The van der Waals surface area contributed by atoms with Crippen LogP contribution >= 0.6 is 12.4 Å². The van der Waals surface area contributed by atoms with Crippen LogP contribution in [-0.2, 0) is 12.8 Å². The second-order valence-electron chi connectivity index (χ2n) is 6.23. The van der Waals surface area contributed by atoms with Crippen molar-refractivity contribution in [2.75, 3.05) is 14.1 Å². The summed E-state index contributed by atoms with van der Waals surface area (Å²) in [5.74, 6) is 0. The molecule has 1 nitrogen and oxygen atoms in total. The molecule has 1 aromatic rings. The second kappa shape index (κ2) is 9.41. The van der Waals surface area contributed by atoms with Crippen LogP contribution < -0.4 is 0 Å². The van der Waals surface area contributed by atoms with E-state index in [-0.39, 0.29) is 12.4 Å². The maximum absolute atomic E-state index is 2.36. The van der Waals surface area contributed by atoms with Gasteiger partial charge >= 0.3 is 0 Å². The molecule has 1 aromatic carbocycles. The van der Waals surface area contributed by atoms with Gasteiger partial charge in [-0.25, -0.2) is 0 Å². The van der Waals surface area contributed by atoms with E-state index in [1.807, 2.05) is 0 Å². The highest BCUT2D eigenvalue weighted by molar-refractivity contribution is 5.85. The van der Waals surface area contributed by atoms with Gasteiger partial charge in [0, 0.05) is 6.04 Å². The summed E-state index contributed by atoms with van der Waals surface area (Å²) in [5.41, 5.74) is 3.16. The van der Waals surface area contributed by atoms with Crippen LogP contribution in [-0.4, -0.2) is 25.0 Å². The fourth-order valence-corrected chi connectivity index (χ4v) is 3.27. The molecule has 0 atom stereocenters. The first-order chi connectivity index (χ1) is 9.27. The Labute approximate surface area is 131 Å². The molecule has 0 saturated heterocycles. The molecule has 1 saturated carbocycles. The van der Waals surface area contributed by atoms with E-state index in [0.29, 0.717) is 0 Å². The van der Waals surface area contributed by atoms with E-state index in [4.69, 9.17) is 0 Å². The lowest BCUT2D eigenvalue weighted by Crippen LogP contribution is -2.29. The first-order valence-electron chi connectivity index (χ1n) is 8.00. The van der Waals surface area contributed by atoms with E-state index in [2.05, 4.69) is 43.3 Å². The minimum absolute atomic E-state index is 0. The third kappa shape index (κ3) is 5.46. The highest BCUT2D eigenvalue weighted by atomic mass is 35.5. The Balaban J connectivity index is 0.000000192. The number of aryl methyl sites for hydroxylation is 2. The molecule has 2 aliphatic rings. The van der Waals surface area contributed by atoms with Crippen LogP contribution in [0.2, 0.25) is 0 Å². The summed E-state index contributed by atoms with van der Waals surface area (Å²) >= 11 is 0. The van der Waals surface area contributed by atoms with Gasteiger partial charge in [-0.2, -0.15) is 0 Å². The van der Waals surface area contributed by atoms with Crippen LogP contribution in [0.1, 0.15) is 56.1 Å².